The van der Waals surface area contributed by atoms with E-state index >= 15 is 0 Å². The van der Waals surface area contributed by atoms with Gasteiger partial charge in [-0.05, 0) is 37.1 Å². The lowest BCUT2D eigenvalue weighted by molar-refractivity contribution is 0.629. The zero-order valence-corrected chi connectivity index (χ0v) is 14.6. The maximum absolute atomic E-state index is 13.2. The van der Waals surface area contributed by atoms with E-state index in [1.165, 1.54) is 12.1 Å². The number of aryl methyl sites for hydroxylation is 1. The molecule has 3 rings (SSSR count). The van der Waals surface area contributed by atoms with E-state index in [2.05, 4.69) is 30.8 Å². The lowest BCUT2D eigenvalue weighted by atomic mass is 10.1. The highest BCUT2D eigenvalue weighted by Crippen LogP contribution is 2.19. The number of fused-ring (bicyclic) bond motifs is 1. The quantitative estimate of drug-likeness (QED) is 0.486. The number of halogens is 1. The summed E-state index contributed by atoms with van der Waals surface area (Å²) in [5.41, 5.74) is 1.96. The standard InChI is InChI=1S/C17H22FN7/c1-11-23-24-16(25(11)3)10-22-17(19-2)20-7-6-12-9-21-15-8-13(18)4-5-14(12)15/h4-5,8-9,21H,6-7,10H2,1-3H3,(H2,19,20,22). The van der Waals surface area contributed by atoms with Crippen molar-refractivity contribution in [2.24, 2.45) is 12.0 Å². The Labute approximate surface area is 145 Å². The van der Waals surface area contributed by atoms with Gasteiger partial charge in [-0.3, -0.25) is 4.99 Å². The van der Waals surface area contributed by atoms with Gasteiger partial charge in [0.15, 0.2) is 11.8 Å². The first kappa shape index (κ1) is 16.9. The maximum atomic E-state index is 13.2. The molecule has 7 nitrogen and oxygen atoms in total. The molecule has 0 saturated carbocycles. The number of benzene rings is 1. The van der Waals surface area contributed by atoms with Crippen molar-refractivity contribution >= 4 is 16.9 Å². The fourth-order valence-corrected chi connectivity index (χ4v) is 2.67. The molecular formula is C17H22FN7. The molecule has 0 atom stereocenters. The number of hydrogen-bond acceptors (Lipinski definition) is 3. The zero-order valence-electron chi connectivity index (χ0n) is 14.6. The average Bonchev–Trinajstić information content (AvgIpc) is 3.15. The van der Waals surface area contributed by atoms with E-state index in [0.717, 1.165) is 34.5 Å². The number of aliphatic imine (C=N–C) groups is 1. The second kappa shape index (κ2) is 7.33. The van der Waals surface area contributed by atoms with Crippen molar-refractivity contribution in [3.05, 3.63) is 47.4 Å². The summed E-state index contributed by atoms with van der Waals surface area (Å²) in [7, 11) is 3.66. The van der Waals surface area contributed by atoms with E-state index in [0.29, 0.717) is 19.0 Å². The Morgan fingerprint density at radius 1 is 1.32 bits per heavy atom. The fourth-order valence-electron chi connectivity index (χ4n) is 2.67. The minimum absolute atomic E-state index is 0.234. The van der Waals surface area contributed by atoms with Crippen molar-refractivity contribution in [1.29, 1.82) is 0 Å². The van der Waals surface area contributed by atoms with Gasteiger partial charge in [-0.2, -0.15) is 0 Å². The molecule has 1 aromatic carbocycles. The molecule has 8 heteroatoms. The molecule has 3 aromatic rings. The smallest absolute Gasteiger partial charge is 0.191 e. The van der Waals surface area contributed by atoms with Crippen LogP contribution < -0.4 is 10.6 Å². The molecule has 0 spiro atoms. The van der Waals surface area contributed by atoms with E-state index in [1.54, 1.807) is 13.1 Å². The van der Waals surface area contributed by atoms with Gasteiger partial charge < -0.3 is 20.2 Å². The van der Waals surface area contributed by atoms with Gasteiger partial charge in [-0.25, -0.2) is 4.39 Å². The topological polar surface area (TPSA) is 82.9 Å². The van der Waals surface area contributed by atoms with E-state index in [1.807, 2.05) is 24.7 Å². The number of aromatic amines is 1. The highest BCUT2D eigenvalue weighted by molar-refractivity contribution is 5.83. The maximum Gasteiger partial charge on any atom is 0.191 e. The van der Waals surface area contributed by atoms with Crippen LogP contribution in [0.2, 0.25) is 0 Å². The SMILES string of the molecule is CN=C(NCCc1c[nH]c2cc(F)ccc12)NCc1nnc(C)n1C. The monoisotopic (exact) mass is 343 g/mol. The number of nitrogens with zero attached hydrogens (tertiary/aromatic N) is 4. The number of hydrogen-bond donors (Lipinski definition) is 3. The molecule has 0 bridgehead atoms. The molecule has 0 saturated heterocycles. The molecule has 0 fully saturated rings. The van der Waals surface area contributed by atoms with Crippen LogP contribution in [0.4, 0.5) is 4.39 Å². The third kappa shape index (κ3) is 3.78. The first-order valence-corrected chi connectivity index (χ1v) is 8.13. The van der Waals surface area contributed by atoms with Crippen molar-refractivity contribution in [2.75, 3.05) is 13.6 Å². The predicted molar refractivity (Wildman–Crippen MR) is 95.9 cm³/mol. The number of aromatic nitrogens is 4. The summed E-state index contributed by atoms with van der Waals surface area (Å²) < 4.78 is 15.2. The molecule has 0 unspecified atom stereocenters. The van der Waals surface area contributed by atoms with E-state index in [-0.39, 0.29) is 5.82 Å². The second-order valence-corrected chi connectivity index (χ2v) is 5.83. The van der Waals surface area contributed by atoms with Gasteiger partial charge in [-0.15, -0.1) is 10.2 Å². The van der Waals surface area contributed by atoms with Crippen LogP contribution in [0, 0.1) is 12.7 Å². The normalized spacial score (nSPS) is 11.9. The number of rotatable bonds is 5. The second-order valence-electron chi connectivity index (χ2n) is 5.83. The number of guanidine groups is 1. The van der Waals surface area contributed by atoms with Gasteiger partial charge in [0.1, 0.15) is 11.6 Å². The van der Waals surface area contributed by atoms with Gasteiger partial charge >= 0.3 is 0 Å². The van der Waals surface area contributed by atoms with Gasteiger partial charge in [0.25, 0.3) is 0 Å². The predicted octanol–water partition coefficient (Wildman–Crippen LogP) is 1.65. The van der Waals surface area contributed by atoms with Crippen LogP contribution in [0.3, 0.4) is 0 Å². The van der Waals surface area contributed by atoms with Crippen LogP contribution in [0.25, 0.3) is 10.9 Å². The first-order chi connectivity index (χ1) is 12.1. The van der Waals surface area contributed by atoms with Crippen LogP contribution in [-0.2, 0) is 20.0 Å². The molecule has 3 N–H and O–H groups in total. The highest BCUT2D eigenvalue weighted by Gasteiger charge is 2.07. The van der Waals surface area contributed by atoms with Gasteiger partial charge in [0, 0.05) is 37.7 Å². The molecule has 2 heterocycles. The zero-order chi connectivity index (χ0) is 17.8. The summed E-state index contributed by atoms with van der Waals surface area (Å²) in [5, 5.41) is 15.7. The van der Waals surface area contributed by atoms with Crippen LogP contribution in [-0.4, -0.2) is 39.3 Å². The van der Waals surface area contributed by atoms with Crippen molar-refractivity contribution in [2.45, 2.75) is 19.9 Å². The summed E-state index contributed by atoms with van der Waals surface area (Å²) in [6, 6.07) is 4.80. The molecule has 0 aliphatic heterocycles. The Balaban J connectivity index is 1.53. The van der Waals surface area contributed by atoms with Gasteiger partial charge in [0.05, 0.1) is 6.54 Å². The Hall–Kier alpha value is -2.90. The highest BCUT2D eigenvalue weighted by atomic mass is 19.1. The Morgan fingerprint density at radius 3 is 2.88 bits per heavy atom. The molecule has 0 aliphatic carbocycles. The van der Waals surface area contributed by atoms with Crippen molar-refractivity contribution < 1.29 is 4.39 Å². The summed E-state index contributed by atoms with van der Waals surface area (Å²) >= 11 is 0. The van der Waals surface area contributed by atoms with Crippen LogP contribution >= 0.6 is 0 Å². The molecule has 0 radical (unpaired) electrons. The van der Waals surface area contributed by atoms with Gasteiger partial charge in [-0.1, -0.05) is 0 Å². The van der Waals surface area contributed by atoms with E-state index < -0.39 is 0 Å². The van der Waals surface area contributed by atoms with Crippen molar-refractivity contribution in [1.82, 2.24) is 30.4 Å². The van der Waals surface area contributed by atoms with E-state index in [9.17, 15) is 4.39 Å². The Morgan fingerprint density at radius 2 is 2.16 bits per heavy atom. The largest absolute Gasteiger partial charge is 0.361 e. The molecule has 25 heavy (non-hydrogen) atoms. The number of nitrogens with one attached hydrogen (secondary N) is 3. The van der Waals surface area contributed by atoms with Crippen LogP contribution in [0.1, 0.15) is 17.2 Å². The molecular weight excluding hydrogens is 321 g/mol. The Bertz CT molecular complexity index is 894. The van der Waals surface area contributed by atoms with Crippen molar-refractivity contribution in [3.8, 4) is 0 Å². The molecule has 132 valence electrons. The lowest BCUT2D eigenvalue weighted by Gasteiger charge is -2.11. The van der Waals surface area contributed by atoms with Crippen LogP contribution in [0.5, 0.6) is 0 Å². The molecule has 2 aromatic heterocycles. The summed E-state index contributed by atoms with van der Waals surface area (Å²) in [6.07, 6.45) is 2.72. The average molecular weight is 343 g/mol. The fraction of sp³-hybridized carbons (Fsp3) is 0.353. The summed E-state index contributed by atoms with van der Waals surface area (Å²) in [4.78, 5) is 7.32. The minimum Gasteiger partial charge on any atom is -0.361 e. The van der Waals surface area contributed by atoms with Crippen molar-refractivity contribution in [3.63, 3.8) is 0 Å². The third-order valence-corrected chi connectivity index (χ3v) is 4.24. The minimum atomic E-state index is -0.234. The third-order valence-electron chi connectivity index (χ3n) is 4.24. The summed E-state index contributed by atoms with van der Waals surface area (Å²) in [5.74, 6) is 2.18. The summed E-state index contributed by atoms with van der Waals surface area (Å²) in [6.45, 7) is 3.17. The first-order valence-electron chi connectivity index (χ1n) is 8.13. The van der Waals surface area contributed by atoms with E-state index in [4.69, 9.17) is 0 Å². The number of H-pyrrole nitrogens is 1. The van der Waals surface area contributed by atoms with Gasteiger partial charge in [0.2, 0.25) is 0 Å². The Kier molecular flexibility index (Phi) is 4.97. The van der Waals surface area contributed by atoms with Crippen LogP contribution in [0.15, 0.2) is 29.4 Å². The lowest BCUT2D eigenvalue weighted by Crippen LogP contribution is -2.38. The molecule has 0 amide bonds. The molecule has 0 aliphatic rings.